The standard InChI is InChI=1S/C19H28ClN/c1-14-2-5-17(6-3-14)18-7-4-16(13-19(18)20)12-15-8-10-21-11-9-15/h4,7,13-15,17,21H,2-3,5-6,8-12H2,1H3. The van der Waals surface area contributed by atoms with Gasteiger partial charge in [0.25, 0.3) is 0 Å². The van der Waals surface area contributed by atoms with E-state index in [9.17, 15) is 0 Å². The molecule has 2 fully saturated rings. The van der Waals surface area contributed by atoms with Crippen LogP contribution < -0.4 is 5.32 Å². The summed E-state index contributed by atoms with van der Waals surface area (Å²) in [6, 6.07) is 6.90. The lowest BCUT2D eigenvalue weighted by molar-refractivity contribution is 0.348. The van der Waals surface area contributed by atoms with E-state index >= 15 is 0 Å². The molecule has 2 aliphatic rings. The number of nitrogens with one attached hydrogen (secondary N) is 1. The van der Waals surface area contributed by atoms with E-state index in [1.165, 1.54) is 69.2 Å². The Hall–Kier alpha value is -0.530. The van der Waals surface area contributed by atoms with E-state index in [0.29, 0.717) is 5.92 Å². The van der Waals surface area contributed by atoms with Gasteiger partial charge in [-0.05, 0) is 80.1 Å². The van der Waals surface area contributed by atoms with Crippen molar-refractivity contribution in [2.75, 3.05) is 13.1 Å². The third-order valence-corrected chi connectivity index (χ3v) is 5.83. The van der Waals surface area contributed by atoms with Crippen molar-refractivity contribution >= 4 is 11.6 Å². The van der Waals surface area contributed by atoms with Gasteiger partial charge < -0.3 is 5.32 Å². The van der Waals surface area contributed by atoms with Crippen molar-refractivity contribution in [3.63, 3.8) is 0 Å². The quantitative estimate of drug-likeness (QED) is 0.811. The second kappa shape index (κ2) is 7.15. The minimum atomic E-state index is 0.696. The van der Waals surface area contributed by atoms with Crippen molar-refractivity contribution in [1.82, 2.24) is 5.32 Å². The maximum atomic E-state index is 6.60. The topological polar surface area (TPSA) is 12.0 Å². The fraction of sp³-hybridized carbons (Fsp3) is 0.684. The van der Waals surface area contributed by atoms with Crippen molar-refractivity contribution in [1.29, 1.82) is 0 Å². The molecule has 1 nitrogen and oxygen atoms in total. The predicted molar refractivity (Wildman–Crippen MR) is 91.1 cm³/mol. The third-order valence-electron chi connectivity index (χ3n) is 5.50. The average molecular weight is 306 g/mol. The molecular weight excluding hydrogens is 278 g/mol. The van der Waals surface area contributed by atoms with E-state index in [1.54, 1.807) is 0 Å². The van der Waals surface area contributed by atoms with Crippen molar-refractivity contribution in [2.24, 2.45) is 11.8 Å². The molecule has 0 bridgehead atoms. The Morgan fingerprint density at radius 3 is 2.43 bits per heavy atom. The van der Waals surface area contributed by atoms with Gasteiger partial charge in [0, 0.05) is 5.02 Å². The first-order valence-electron chi connectivity index (χ1n) is 8.71. The fourth-order valence-electron chi connectivity index (χ4n) is 4.02. The van der Waals surface area contributed by atoms with Crippen LogP contribution in [0.4, 0.5) is 0 Å². The van der Waals surface area contributed by atoms with Crippen molar-refractivity contribution in [2.45, 2.75) is 57.8 Å². The Kier molecular flexibility index (Phi) is 5.24. The second-order valence-corrected chi connectivity index (χ2v) is 7.62. The van der Waals surface area contributed by atoms with E-state index in [2.05, 4.69) is 30.4 Å². The first-order chi connectivity index (χ1) is 10.2. The smallest absolute Gasteiger partial charge is 0.0443 e. The summed E-state index contributed by atoms with van der Waals surface area (Å²) in [4.78, 5) is 0. The van der Waals surface area contributed by atoms with Gasteiger partial charge in [-0.3, -0.25) is 0 Å². The van der Waals surface area contributed by atoms with E-state index in [0.717, 1.165) is 16.9 Å². The molecule has 1 aromatic rings. The summed E-state index contributed by atoms with van der Waals surface area (Å²) in [5.41, 5.74) is 2.83. The minimum absolute atomic E-state index is 0.696. The van der Waals surface area contributed by atoms with Gasteiger partial charge in [0.2, 0.25) is 0 Å². The van der Waals surface area contributed by atoms with Crippen LogP contribution in [0.2, 0.25) is 5.02 Å². The zero-order valence-corrected chi connectivity index (χ0v) is 14.0. The molecule has 116 valence electrons. The molecule has 0 atom stereocenters. The first-order valence-corrected chi connectivity index (χ1v) is 9.09. The highest BCUT2D eigenvalue weighted by Gasteiger charge is 2.22. The van der Waals surface area contributed by atoms with Crippen LogP contribution in [0.3, 0.4) is 0 Å². The Morgan fingerprint density at radius 2 is 1.76 bits per heavy atom. The number of hydrogen-bond acceptors (Lipinski definition) is 1. The molecule has 0 aromatic heterocycles. The summed E-state index contributed by atoms with van der Waals surface area (Å²) >= 11 is 6.60. The highest BCUT2D eigenvalue weighted by atomic mass is 35.5. The Bertz CT molecular complexity index is 457. The summed E-state index contributed by atoms with van der Waals surface area (Å²) in [5.74, 6) is 2.43. The molecule has 1 aliphatic heterocycles. The Morgan fingerprint density at radius 1 is 1.05 bits per heavy atom. The van der Waals surface area contributed by atoms with Crippen molar-refractivity contribution in [3.05, 3.63) is 34.3 Å². The van der Waals surface area contributed by atoms with Crippen molar-refractivity contribution in [3.8, 4) is 0 Å². The van der Waals surface area contributed by atoms with Gasteiger partial charge >= 0.3 is 0 Å². The molecule has 0 unspecified atom stereocenters. The molecule has 1 N–H and O–H groups in total. The van der Waals surface area contributed by atoms with Gasteiger partial charge in [-0.1, -0.05) is 43.5 Å². The van der Waals surface area contributed by atoms with Gasteiger partial charge in [0.15, 0.2) is 0 Å². The van der Waals surface area contributed by atoms with Crippen LogP contribution >= 0.6 is 11.6 Å². The largest absolute Gasteiger partial charge is 0.317 e. The number of benzene rings is 1. The normalized spacial score (nSPS) is 27.7. The molecule has 1 saturated carbocycles. The van der Waals surface area contributed by atoms with Crippen LogP contribution in [0.15, 0.2) is 18.2 Å². The highest BCUT2D eigenvalue weighted by molar-refractivity contribution is 6.31. The van der Waals surface area contributed by atoms with Crippen LogP contribution in [-0.4, -0.2) is 13.1 Å². The van der Waals surface area contributed by atoms with E-state index < -0.39 is 0 Å². The Balaban J connectivity index is 1.64. The van der Waals surface area contributed by atoms with Gasteiger partial charge in [0.1, 0.15) is 0 Å². The molecule has 21 heavy (non-hydrogen) atoms. The molecule has 3 rings (SSSR count). The molecule has 0 spiro atoms. The van der Waals surface area contributed by atoms with Crippen LogP contribution in [0.25, 0.3) is 0 Å². The maximum absolute atomic E-state index is 6.60. The molecule has 2 heteroatoms. The molecular formula is C19H28ClN. The SMILES string of the molecule is CC1CCC(c2ccc(CC3CCNCC3)cc2Cl)CC1. The van der Waals surface area contributed by atoms with E-state index in [-0.39, 0.29) is 0 Å². The summed E-state index contributed by atoms with van der Waals surface area (Å²) in [7, 11) is 0. The Labute approximate surface area is 134 Å². The zero-order valence-electron chi connectivity index (χ0n) is 13.2. The van der Waals surface area contributed by atoms with E-state index in [1.807, 2.05) is 0 Å². The van der Waals surface area contributed by atoms with Crippen LogP contribution in [0, 0.1) is 11.8 Å². The van der Waals surface area contributed by atoms with Gasteiger partial charge in [-0.15, -0.1) is 0 Å². The monoisotopic (exact) mass is 305 g/mol. The molecule has 0 amide bonds. The summed E-state index contributed by atoms with van der Waals surface area (Å²) in [6.07, 6.45) is 9.15. The minimum Gasteiger partial charge on any atom is -0.317 e. The molecule has 0 radical (unpaired) electrons. The number of hydrogen-bond donors (Lipinski definition) is 1. The lowest BCUT2D eigenvalue weighted by atomic mass is 9.79. The lowest BCUT2D eigenvalue weighted by Crippen LogP contribution is -2.28. The predicted octanol–water partition coefficient (Wildman–Crippen LogP) is 5.18. The highest BCUT2D eigenvalue weighted by Crippen LogP contribution is 2.38. The summed E-state index contributed by atoms with van der Waals surface area (Å²) in [5, 5.41) is 4.46. The molecule has 1 heterocycles. The average Bonchev–Trinajstić information content (AvgIpc) is 2.50. The fourth-order valence-corrected chi connectivity index (χ4v) is 4.38. The van der Waals surface area contributed by atoms with Gasteiger partial charge in [-0.25, -0.2) is 0 Å². The maximum Gasteiger partial charge on any atom is 0.0443 e. The van der Waals surface area contributed by atoms with E-state index in [4.69, 9.17) is 11.6 Å². The summed E-state index contributed by atoms with van der Waals surface area (Å²) in [6.45, 7) is 4.73. The third kappa shape index (κ3) is 4.02. The second-order valence-electron chi connectivity index (χ2n) is 7.21. The van der Waals surface area contributed by atoms with Crippen molar-refractivity contribution < 1.29 is 0 Å². The zero-order chi connectivity index (χ0) is 14.7. The van der Waals surface area contributed by atoms with Crippen LogP contribution in [0.1, 0.15) is 62.5 Å². The van der Waals surface area contributed by atoms with Crippen LogP contribution in [0.5, 0.6) is 0 Å². The summed E-state index contributed by atoms with van der Waals surface area (Å²) < 4.78 is 0. The molecule has 1 aliphatic carbocycles. The first kappa shape index (κ1) is 15.4. The lowest BCUT2D eigenvalue weighted by Gasteiger charge is -2.27. The number of halogens is 1. The van der Waals surface area contributed by atoms with Crippen LogP contribution in [-0.2, 0) is 6.42 Å². The number of piperidine rings is 1. The molecule has 1 aromatic carbocycles. The molecule has 1 saturated heterocycles. The van der Waals surface area contributed by atoms with Gasteiger partial charge in [0.05, 0.1) is 0 Å². The number of rotatable bonds is 3. The van der Waals surface area contributed by atoms with Gasteiger partial charge in [-0.2, -0.15) is 0 Å².